The topological polar surface area (TPSA) is 59.2 Å². The number of carbonyl (C=O) groups excluding carboxylic acids is 1. The number of halogens is 1. The molecular formula is C21H20BrN3O2S. The second-order valence-electron chi connectivity index (χ2n) is 6.65. The minimum Gasteiger partial charge on any atom is -0.411 e. The van der Waals surface area contributed by atoms with Gasteiger partial charge in [-0.1, -0.05) is 42.5 Å². The molecule has 2 aromatic carbocycles. The molecule has 144 valence electrons. The highest BCUT2D eigenvalue weighted by atomic mass is 79.9. The number of piperidine rings is 1. The van der Waals surface area contributed by atoms with Crippen molar-refractivity contribution < 1.29 is 9.21 Å². The lowest BCUT2D eigenvalue weighted by Gasteiger charge is -2.29. The van der Waals surface area contributed by atoms with Gasteiger partial charge in [0, 0.05) is 17.6 Å². The van der Waals surface area contributed by atoms with Gasteiger partial charge in [0.05, 0.1) is 5.56 Å². The normalized spacial score (nSPS) is 15.4. The largest absolute Gasteiger partial charge is 0.411 e. The number of hydrogen-bond donors (Lipinski definition) is 0. The van der Waals surface area contributed by atoms with Crippen LogP contribution in [0.3, 0.4) is 0 Å². The minimum atomic E-state index is -0.396. The van der Waals surface area contributed by atoms with Gasteiger partial charge in [0.1, 0.15) is 5.25 Å². The fourth-order valence-electron chi connectivity index (χ4n) is 3.27. The predicted molar refractivity (Wildman–Crippen MR) is 113 cm³/mol. The maximum Gasteiger partial charge on any atom is 0.277 e. The van der Waals surface area contributed by atoms with Crippen molar-refractivity contribution in [2.24, 2.45) is 0 Å². The highest BCUT2D eigenvalue weighted by Crippen LogP contribution is 2.38. The van der Waals surface area contributed by atoms with Crippen molar-refractivity contribution in [1.82, 2.24) is 15.1 Å². The molecule has 0 saturated carbocycles. The number of amides is 1. The summed E-state index contributed by atoms with van der Waals surface area (Å²) in [4.78, 5) is 15.2. The van der Waals surface area contributed by atoms with Gasteiger partial charge < -0.3 is 9.32 Å². The van der Waals surface area contributed by atoms with Crippen molar-refractivity contribution in [3.8, 4) is 11.5 Å². The molecule has 1 aromatic heterocycles. The number of hydrogen-bond acceptors (Lipinski definition) is 5. The molecule has 1 atom stereocenters. The molecule has 1 aliphatic rings. The summed E-state index contributed by atoms with van der Waals surface area (Å²) in [6.45, 7) is 1.63. The molecule has 28 heavy (non-hydrogen) atoms. The first kappa shape index (κ1) is 19.2. The molecule has 3 aromatic rings. The molecular weight excluding hydrogens is 438 g/mol. The SMILES string of the molecule is O=C(C(Sc1nnc(-c2ccccc2Br)o1)c1ccccc1)N1CCCCC1. The van der Waals surface area contributed by atoms with Crippen LogP contribution in [0.4, 0.5) is 0 Å². The van der Waals surface area contributed by atoms with Crippen LogP contribution in [-0.2, 0) is 4.79 Å². The van der Waals surface area contributed by atoms with Crippen molar-refractivity contribution in [3.05, 3.63) is 64.6 Å². The zero-order valence-corrected chi connectivity index (χ0v) is 17.7. The standard InChI is InChI=1S/C21H20BrN3O2S/c22-17-12-6-5-11-16(17)19-23-24-21(27-19)28-18(15-9-3-1-4-10-15)20(26)25-13-7-2-8-14-25/h1,3-6,9-12,18H,2,7-8,13-14H2. The molecule has 5 nitrogen and oxygen atoms in total. The van der Waals surface area contributed by atoms with Crippen LogP contribution in [0.1, 0.15) is 30.1 Å². The van der Waals surface area contributed by atoms with E-state index in [1.165, 1.54) is 18.2 Å². The number of likely N-dealkylation sites (tertiary alicyclic amines) is 1. The summed E-state index contributed by atoms with van der Waals surface area (Å²) in [5, 5.41) is 8.35. The second kappa shape index (κ2) is 8.92. The molecule has 2 heterocycles. The Morgan fingerprint density at radius 2 is 1.71 bits per heavy atom. The molecule has 1 amide bonds. The van der Waals surface area contributed by atoms with Crippen molar-refractivity contribution in [2.45, 2.75) is 29.7 Å². The van der Waals surface area contributed by atoms with Gasteiger partial charge in [0.2, 0.25) is 11.8 Å². The highest BCUT2D eigenvalue weighted by Gasteiger charge is 2.30. The summed E-state index contributed by atoms with van der Waals surface area (Å²) in [5.74, 6) is 0.545. The van der Waals surface area contributed by atoms with Crippen LogP contribution in [-0.4, -0.2) is 34.1 Å². The molecule has 1 aliphatic heterocycles. The van der Waals surface area contributed by atoms with Crippen LogP contribution in [0.2, 0.25) is 0 Å². The fourth-order valence-corrected chi connectivity index (χ4v) is 4.68. The first-order chi connectivity index (χ1) is 13.7. The number of rotatable bonds is 5. The van der Waals surface area contributed by atoms with Crippen LogP contribution in [0.15, 0.2) is 68.7 Å². The lowest BCUT2D eigenvalue weighted by atomic mass is 10.1. The molecule has 0 spiro atoms. The van der Waals surface area contributed by atoms with Gasteiger partial charge in [-0.3, -0.25) is 4.79 Å². The zero-order valence-electron chi connectivity index (χ0n) is 15.3. The predicted octanol–water partition coefficient (Wildman–Crippen LogP) is 5.35. The highest BCUT2D eigenvalue weighted by molar-refractivity contribution is 9.10. The number of thioether (sulfide) groups is 1. The molecule has 1 fully saturated rings. The smallest absolute Gasteiger partial charge is 0.277 e. The third-order valence-electron chi connectivity index (χ3n) is 4.72. The van der Waals surface area contributed by atoms with Crippen LogP contribution in [0, 0.1) is 0 Å². The van der Waals surface area contributed by atoms with E-state index in [9.17, 15) is 4.79 Å². The van der Waals surface area contributed by atoms with E-state index in [0.29, 0.717) is 11.1 Å². The zero-order chi connectivity index (χ0) is 19.3. The van der Waals surface area contributed by atoms with Crippen LogP contribution < -0.4 is 0 Å². The number of benzene rings is 2. The summed E-state index contributed by atoms with van der Waals surface area (Å²) in [5.41, 5.74) is 1.78. The van der Waals surface area contributed by atoms with Gasteiger partial charge in [0.25, 0.3) is 5.22 Å². The molecule has 1 unspecified atom stereocenters. The summed E-state index contributed by atoms with van der Waals surface area (Å²) in [7, 11) is 0. The average molecular weight is 458 g/mol. The Balaban J connectivity index is 1.59. The Labute approximate surface area is 176 Å². The van der Waals surface area contributed by atoms with Gasteiger partial charge in [-0.2, -0.15) is 0 Å². The Hall–Kier alpha value is -2.12. The Morgan fingerprint density at radius 1 is 1.00 bits per heavy atom. The summed E-state index contributed by atoms with van der Waals surface area (Å²) < 4.78 is 6.77. The maximum absolute atomic E-state index is 13.2. The van der Waals surface area contributed by atoms with Crippen LogP contribution >= 0.6 is 27.7 Å². The molecule has 4 rings (SSSR count). The average Bonchev–Trinajstić information content (AvgIpc) is 3.21. The van der Waals surface area contributed by atoms with Crippen molar-refractivity contribution in [1.29, 1.82) is 0 Å². The van der Waals surface area contributed by atoms with Gasteiger partial charge >= 0.3 is 0 Å². The molecule has 0 radical (unpaired) electrons. The maximum atomic E-state index is 13.2. The lowest BCUT2D eigenvalue weighted by Crippen LogP contribution is -2.38. The quantitative estimate of drug-likeness (QED) is 0.483. The first-order valence-corrected chi connectivity index (χ1v) is 11.0. The minimum absolute atomic E-state index is 0.108. The lowest BCUT2D eigenvalue weighted by molar-refractivity contribution is -0.131. The Bertz CT molecular complexity index is 942. The summed E-state index contributed by atoms with van der Waals surface area (Å²) >= 11 is 4.83. The third-order valence-corrected chi connectivity index (χ3v) is 6.49. The van der Waals surface area contributed by atoms with E-state index in [-0.39, 0.29) is 5.91 Å². The van der Waals surface area contributed by atoms with Crippen LogP contribution in [0.25, 0.3) is 11.5 Å². The van der Waals surface area contributed by atoms with Crippen molar-refractivity contribution in [2.75, 3.05) is 13.1 Å². The first-order valence-electron chi connectivity index (χ1n) is 9.31. The van der Waals surface area contributed by atoms with Gasteiger partial charge in [0.15, 0.2) is 0 Å². The molecule has 0 bridgehead atoms. The van der Waals surface area contributed by atoms with Crippen LogP contribution in [0.5, 0.6) is 0 Å². The van der Waals surface area contributed by atoms with Crippen molar-refractivity contribution in [3.63, 3.8) is 0 Å². The number of aromatic nitrogens is 2. The van der Waals surface area contributed by atoms with E-state index in [1.807, 2.05) is 59.5 Å². The summed E-state index contributed by atoms with van der Waals surface area (Å²) in [6, 6.07) is 17.5. The molecule has 7 heteroatoms. The van der Waals surface area contributed by atoms with E-state index in [2.05, 4.69) is 26.1 Å². The fraction of sp³-hybridized carbons (Fsp3) is 0.286. The molecule has 1 saturated heterocycles. The molecule has 0 aliphatic carbocycles. The van der Waals surface area contributed by atoms with E-state index >= 15 is 0 Å². The van der Waals surface area contributed by atoms with E-state index < -0.39 is 5.25 Å². The van der Waals surface area contributed by atoms with E-state index in [0.717, 1.165) is 41.5 Å². The third kappa shape index (κ3) is 4.31. The van der Waals surface area contributed by atoms with Gasteiger partial charge in [-0.15, -0.1) is 10.2 Å². The Morgan fingerprint density at radius 3 is 2.46 bits per heavy atom. The Kier molecular flexibility index (Phi) is 6.12. The van der Waals surface area contributed by atoms with Gasteiger partial charge in [-0.05, 0) is 64.7 Å². The second-order valence-corrected chi connectivity index (χ2v) is 8.56. The van der Waals surface area contributed by atoms with Gasteiger partial charge in [-0.25, -0.2) is 0 Å². The number of nitrogens with zero attached hydrogens (tertiary/aromatic N) is 3. The van der Waals surface area contributed by atoms with Crippen molar-refractivity contribution >= 4 is 33.6 Å². The van der Waals surface area contributed by atoms with E-state index in [1.54, 1.807) is 0 Å². The monoisotopic (exact) mass is 457 g/mol. The molecule has 0 N–H and O–H groups in total. The number of carbonyl (C=O) groups is 1. The van der Waals surface area contributed by atoms with E-state index in [4.69, 9.17) is 4.42 Å². The summed E-state index contributed by atoms with van der Waals surface area (Å²) in [6.07, 6.45) is 3.31.